The molecule has 6 nitrogen and oxygen atoms in total. The van der Waals surface area contributed by atoms with Crippen LogP contribution in [0, 0.1) is 6.92 Å². The van der Waals surface area contributed by atoms with Crippen LogP contribution in [0.3, 0.4) is 0 Å². The molecule has 0 aromatic heterocycles. The van der Waals surface area contributed by atoms with E-state index in [1.54, 1.807) is 35.2 Å². The second-order valence-corrected chi connectivity index (χ2v) is 9.16. The number of halogens is 2. The fraction of sp³-hybridized carbons (Fsp3) is 0.316. The molecule has 0 atom stereocenters. The number of piperazine rings is 1. The smallest absolute Gasteiger partial charge is 0.260 e. The molecular weight excluding hydrogens is 423 g/mol. The summed E-state index contributed by atoms with van der Waals surface area (Å²) in [5, 5.41) is 0.624. The van der Waals surface area contributed by atoms with Crippen molar-refractivity contribution < 1.29 is 17.9 Å². The molecule has 0 N–H and O–H groups in total. The number of benzene rings is 2. The van der Waals surface area contributed by atoms with Gasteiger partial charge in [-0.3, -0.25) is 4.79 Å². The van der Waals surface area contributed by atoms with E-state index >= 15 is 0 Å². The monoisotopic (exact) mass is 442 g/mol. The first-order valence-corrected chi connectivity index (χ1v) is 10.9. The third kappa shape index (κ3) is 4.60. The van der Waals surface area contributed by atoms with Gasteiger partial charge in [-0.15, -0.1) is 0 Å². The molecule has 1 aliphatic rings. The van der Waals surface area contributed by atoms with Crippen molar-refractivity contribution in [2.45, 2.75) is 11.8 Å². The molecule has 28 heavy (non-hydrogen) atoms. The first-order valence-electron chi connectivity index (χ1n) is 8.70. The van der Waals surface area contributed by atoms with Crippen molar-refractivity contribution in [2.24, 2.45) is 0 Å². The molecule has 0 bridgehead atoms. The van der Waals surface area contributed by atoms with E-state index in [9.17, 15) is 13.2 Å². The zero-order chi connectivity index (χ0) is 20.3. The molecule has 1 amide bonds. The van der Waals surface area contributed by atoms with Gasteiger partial charge in [-0.25, -0.2) is 8.42 Å². The van der Waals surface area contributed by atoms with Crippen LogP contribution in [0.4, 0.5) is 0 Å². The second-order valence-electron chi connectivity index (χ2n) is 6.44. The highest BCUT2D eigenvalue weighted by Gasteiger charge is 2.31. The van der Waals surface area contributed by atoms with Crippen LogP contribution < -0.4 is 4.74 Å². The van der Waals surface area contributed by atoms with Gasteiger partial charge in [-0.05, 0) is 36.8 Å². The molecule has 0 aliphatic carbocycles. The lowest BCUT2D eigenvalue weighted by molar-refractivity contribution is -0.134. The van der Waals surface area contributed by atoms with E-state index in [0.29, 0.717) is 10.8 Å². The number of hydrogen-bond acceptors (Lipinski definition) is 4. The Hall–Kier alpha value is -1.80. The van der Waals surface area contributed by atoms with Crippen LogP contribution in [-0.2, 0) is 14.8 Å². The zero-order valence-electron chi connectivity index (χ0n) is 15.3. The maximum absolute atomic E-state index is 12.8. The van der Waals surface area contributed by atoms with E-state index in [1.165, 1.54) is 10.4 Å². The third-order valence-corrected chi connectivity index (χ3v) is 7.19. The van der Waals surface area contributed by atoms with Gasteiger partial charge in [-0.2, -0.15) is 4.31 Å². The van der Waals surface area contributed by atoms with Gasteiger partial charge in [0.15, 0.2) is 6.61 Å². The molecule has 1 saturated heterocycles. The highest BCUT2D eigenvalue weighted by molar-refractivity contribution is 7.89. The highest BCUT2D eigenvalue weighted by atomic mass is 35.5. The first-order chi connectivity index (χ1) is 13.3. The van der Waals surface area contributed by atoms with Crippen LogP contribution in [-0.4, -0.2) is 56.3 Å². The zero-order valence-corrected chi connectivity index (χ0v) is 17.6. The standard InChI is InChI=1S/C19H20Cl2N2O4S/c1-14-6-7-15(20)17(12-14)27-13-19(24)22-8-10-23(11-9-22)28(25,26)18-5-3-2-4-16(18)21/h2-7,12H,8-11,13H2,1H3. The molecular formula is C19H20Cl2N2O4S. The summed E-state index contributed by atoms with van der Waals surface area (Å²) in [7, 11) is -3.69. The molecule has 1 aliphatic heterocycles. The van der Waals surface area contributed by atoms with Crippen LogP contribution in [0.15, 0.2) is 47.4 Å². The van der Waals surface area contributed by atoms with Gasteiger partial charge >= 0.3 is 0 Å². The number of rotatable bonds is 5. The SMILES string of the molecule is Cc1ccc(Cl)c(OCC(=O)N2CCN(S(=O)(=O)c3ccccc3Cl)CC2)c1. The minimum Gasteiger partial charge on any atom is -0.482 e. The highest BCUT2D eigenvalue weighted by Crippen LogP contribution is 2.26. The first kappa shape index (κ1) is 20.9. The number of carbonyl (C=O) groups excluding carboxylic acids is 1. The number of ether oxygens (including phenoxy) is 1. The predicted molar refractivity (Wildman–Crippen MR) is 108 cm³/mol. The van der Waals surface area contributed by atoms with Crippen molar-refractivity contribution in [3.8, 4) is 5.75 Å². The van der Waals surface area contributed by atoms with Crippen LogP contribution >= 0.6 is 23.2 Å². The molecule has 9 heteroatoms. The van der Waals surface area contributed by atoms with Crippen LogP contribution in [0.5, 0.6) is 5.75 Å². The van der Waals surface area contributed by atoms with Crippen molar-refractivity contribution in [3.05, 3.63) is 58.1 Å². The van der Waals surface area contributed by atoms with E-state index in [2.05, 4.69) is 0 Å². The average Bonchev–Trinajstić information content (AvgIpc) is 2.68. The molecule has 3 rings (SSSR count). The van der Waals surface area contributed by atoms with Gasteiger partial charge in [0, 0.05) is 26.2 Å². The Morgan fingerprint density at radius 3 is 2.39 bits per heavy atom. The van der Waals surface area contributed by atoms with E-state index in [-0.39, 0.29) is 48.6 Å². The Labute approximate surface area is 174 Å². The number of amides is 1. The van der Waals surface area contributed by atoms with Crippen molar-refractivity contribution in [1.82, 2.24) is 9.21 Å². The lowest BCUT2D eigenvalue weighted by Crippen LogP contribution is -2.51. The summed E-state index contributed by atoms with van der Waals surface area (Å²) in [4.78, 5) is 14.1. The van der Waals surface area contributed by atoms with Crippen molar-refractivity contribution in [1.29, 1.82) is 0 Å². The summed E-state index contributed by atoms with van der Waals surface area (Å²) in [5.74, 6) is 0.238. The van der Waals surface area contributed by atoms with Gasteiger partial charge in [0.1, 0.15) is 10.6 Å². The lowest BCUT2D eigenvalue weighted by Gasteiger charge is -2.34. The molecule has 2 aromatic rings. The molecule has 0 radical (unpaired) electrons. The van der Waals surface area contributed by atoms with Crippen LogP contribution in [0.2, 0.25) is 10.0 Å². The Balaban J connectivity index is 1.58. The number of aryl methyl sites for hydroxylation is 1. The quantitative estimate of drug-likeness (QED) is 0.712. The van der Waals surface area contributed by atoms with Crippen molar-refractivity contribution in [2.75, 3.05) is 32.8 Å². The molecule has 2 aromatic carbocycles. The fourth-order valence-corrected chi connectivity index (χ4v) is 5.01. The van der Waals surface area contributed by atoms with E-state index < -0.39 is 10.0 Å². The molecule has 150 valence electrons. The number of sulfonamides is 1. The third-order valence-electron chi connectivity index (χ3n) is 4.48. The summed E-state index contributed by atoms with van der Waals surface area (Å²) in [6, 6.07) is 11.7. The number of carbonyl (C=O) groups is 1. The molecule has 1 heterocycles. The largest absolute Gasteiger partial charge is 0.482 e. The molecule has 1 fully saturated rings. The lowest BCUT2D eigenvalue weighted by atomic mass is 10.2. The van der Waals surface area contributed by atoms with E-state index in [0.717, 1.165) is 5.56 Å². The topological polar surface area (TPSA) is 66.9 Å². The van der Waals surface area contributed by atoms with Gasteiger partial charge in [0.05, 0.1) is 10.0 Å². The summed E-state index contributed by atoms with van der Waals surface area (Å²) in [6.07, 6.45) is 0. The van der Waals surface area contributed by atoms with Gasteiger partial charge in [-0.1, -0.05) is 41.4 Å². The summed E-state index contributed by atoms with van der Waals surface area (Å²) >= 11 is 12.1. The fourth-order valence-electron chi connectivity index (χ4n) is 2.92. The molecule has 0 spiro atoms. The summed E-state index contributed by atoms with van der Waals surface area (Å²) < 4.78 is 32.4. The van der Waals surface area contributed by atoms with Gasteiger partial charge in [0.2, 0.25) is 10.0 Å². The van der Waals surface area contributed by atoms with E-state index in [1.807, 2.05) is 13.0 Å². The Morgan fingerprint density at radius 1 is 1.04 bits per heavy atom. The Kier molecular flexibility index (Phi) is 6.50. The maximum Gasteiger partial charge on any atom is 0.260 e. The normalized spacial score (nSPS) is 15.5. The van der Waals surface area contributed by atoms with E-state index in [4.69, 9.17) is 27.9 Å². The predicted octanol–water partition coefficient (Wildman–Crippen LogP) is 3.21. The van der Waals surface area contributed by atoms with Crippen LogP contribution in [0.25, 0.3) is 0 Å². The summed E-state index contributed by atoms with van der Waals surface area (Å²) in [6.45, 7) is 2.72. The Bertz CT molecular complexity index is 974. The Morgan fingerprint density at radius 2 is 1.71 bits per heavy atom. The average molecular weight is 443 g/mol. The van der Waals surface area contributed by atoms with Crippen molar-refractivity contribution in [3.63, 3.8) is 0 Å². The van der Waals surface area contributed by atoms with Gasteiger partial charge < -0.3 is 9.64 Å². The number of nitrogens with zero attached hydrogens (tertiary/aromatic N) is 2. The minimum absolute atomic E-state index is 0.0777. The molecule has 0 unspecified atom stereocenters. The second kappa shape index (κ2) is 8.69. The minimum atomic E-state index is -3.69. The summed E-state index contributed by atoms with van der Waals surface area (Å²) in [5.41, 5.74) is 0.977. The van der Waals surface area contributed by atoms with Gasteiger partial charge in [0.25, 0.3) is 5.91 Å². The maximum atomic E-state index is 12.8. The van der Waals surface area contributed by atoms with Crippen molar-refractivity contribution >= 4 is 39.1 Å². The number of hydrogen-bond donors (Lipinski definition) is 0. The molecule has 0 saturated carbocycles. The van der Waals surface area contributed by atoms with Crippen LogP contribution in [0.1, 0.15) is 5.56 Å².